The minimum Gasteiger partial charge on any atom is -0.491 e. The summed E-state index contributed by atoms with van der Waals surface area (Å²) in [7, 11) is 0. The van der Waals surface area contributed by atoms with E-state index in [9.17, 15) is 9.59 Å². The summed E-state index contributed by atoms with van der Waals surface area (Å²) in [6.07, 6.45) is 0.0597. The minimum atomic E-state index is -0.425. The highest BCUT2D eigenvalue weighted by Crippen LogP contribution is 2.27. The van der Waals surface area contributed by atoms with E-state index in [0.717, 1.165) is 0 Å². The molecule has 1 amide bonds. The Morgan fingerprint density at radius 1 is 1.08 bits per heavy atom. The predicted molar refractivity (Wildman–Crippen MR) is 100 cm³/mol. The van der Waals surface area contributed by atoms with Gasteiger partial charge in [-0.3, -0.25) is 19.6 Å². The highest BCUT2D eigenvalue weighted by molar-refractivity contribution is 6.12. The lowest BCUT2D eigenvalue weighted by atomic mass is 10.1. The second-order valence-corrected chi connectivity index (χ2v) is 6.28. The zero-order valence-electron chi connectivity index (χ0n) is 14.9. The number of ether oxygens (including phenoxy) is 1. The molecule has 134 valence electrons. The molecule has 0 spiro atoms. The van der Waals surface area contributed by atoms with Crippen LogP contribution in [0.2, 0.25) is 0 Å². The van der Waals surface area contributed by atoms with E-state index >= 15 is 0 Å². The van der Waals surface area contributed by atoms with Gasteiger partial charge in [-0.05, 0) is 51.1 Å². The van der Waals surface area contributed by atoms with Gasteiger partial charge in [-0.15, -0.1) is 0 Å². The smallest absolute Gasteiger partial charge is 0.267 e. The maximum Gasteiger partial charge on any atom is 0.267 e. The van der Waals surface area contributed by atoms with Gasteiger partial charge in [-0.25, -0.2) is 5.84 Å². The van der Waals surface area contributed by atoms with Gasteiger partial charge in [-0.1, -0.05) is 18.2 Å². The van der Waals surface area contributed by atoms with Crippen molar-refractivity contribution in [2.75, 3.05) is 0 Å². The molecule has 0 bridgehead atoms. The molecule has 0 saturated carbocycles. The average Bonchev–Trinajstić information content (AvgIpc) is 2.92. The Bertz CT molecular complexity index is 972. The molecule has 1 heterocycles. The molecule has 3 rings (SSSR count). The van der Waals surface area contributed by atoms with Gasteiger partial charge in [0.1, 0.15) is 5.75 Å². The van der Waals surface area contributed by atoms with Crippen LogP contribution in [-0.4, -0.2) is 22.5 Å². The molecule has 0 saturated heterocycles. The van der Waals surface area contributed by atoms with Crippen LogP contribution >= 0.6 is 0 Å². The Kier molecular flexibility index (Phi) is 4.77. The number of carbonyl (C=O) groups is 2. The number of nitrogens with zero attached hydrogens (tertiary/aromatic N) is 1. The summed E-state index contributed by atoms with van der Waals surface area (Å²) >= 11 is 0. The molecule has 0 aliphatic heterocycles. The second-order valence-electron chi connectivity index (χ2n) is 6.28. The number of nitrogen functional groups attached to an aromatic ring is 1. The topological polar surface area (TPSA) is 86.4 Å². The van der Waals surface area contributed by atoms with E-state index in [2.05, 4.69) is 5.43 Å². The Hall–Kier alpha value is -3.12. The molecule has 0 aliphatic carbocycles. The molecule has 0 fully saturated rings. The fraction of sp³-hybridized carbons (Fsp3) is 0.200. The number of benzene rings is 2. The third-order valence-corrected chi connectivity index (χ3v) is 4.15. The molecular formula is C20H21N3O3. The van der Waals surface area contributed by atoms with E-state index in [1.165, 1.54) is 4.57 Å². The molecule has 0 unspecified atom stereocenters. The van der Waals surface area contributed by atoms with E-state index in [1.807, 2.05) is 32.0 Å². The summed E-state index contributed by atoms with van der Waals surface area (Å²) in [5, 5.41) is 0.682. The summed E-state index contributed by atoms with van der Waals surface area (Å²) in [6.45, 7) is 5.62. The van der Waals surface area contributed by atoms with Crippen LogP contribution in [0.5, 0.6) is 5.75 Å². The largest absolute Gasteiger partial charge is 0.491 e. The molecule has 3 N–H and O–H groups in total. The van der Waals surface area contributed by atoms with Crippen molar-refractivity contribution in [1.29, 1.82) is 0 Å². The summed E-state index contributed by atoms with van der Waals surface area (Å²) in [5.74, 6) is 5.37. The number of aromatic nitrogens is 1. The second kappa shape index (κ2) is 7.01. The molecule has 6 heteroatoms. The SMILES string of the molecule is Cc1c(C(=O)NN)c2ccccc2n1C(=O)c1ccc(OC(C)C)cc1. The standard InChI is InChI=1S/C20H21N3O3/c1-12(2)26-15-10-8-14(9-11-15)20(25)23-13(3)18(19(24)22-21)16-6-4-5-7-17(16)23/h4-12H,21H2,1-3H3,(H,22,24). The monoisotopic (exact) mass is 351 g/mol. The first kappa shape index (κ1) is 17.7. The van der Waals surface area contributed by atoms with Crippen LogP contribution in [0.4, 0.5) is 0 Å². The first-order chi connectivity index (χ1) is 12.4. The van der Waals surface area contributed by atoms with Crippen LogP contribution < -0.4 is 16.0 Å². The Morgan fingerprint density at radius 3 is 2.35 bits per heavy atom. The minimum absolute atomic E-state index is 0.0597. The first-order valence-corrected chi connectivity index (χ1v) is 8.36. The number of nitrogens with two attached hydrogens (primary N) is 1. The quantitative estimate of drug-likeness (QED) is 0.430. The van der Waals surface area contributed by atoms with Crippen LogP contribution in [0.25, 0.3) is 10.9 Å². The van der Waals surface area contributed by atoms with Crippen molar-refractivity contribution in [2.45, 2.75) is 26.9 Å². The maximum absolute atomic E-state index is 13.1. The number of hydrogen-bond acceptors (Lipinski definition) is 4. The number of amides is 1. The van der Waals surface area contributed by atoms with Gasteiger partial charge in [-0.2, -0.15) is 0 Å². The lowest BCUT2D eigenvalue weighted by Crippen LogP contribution is -2.30. The fourth-order valence-corrected chi connectivity index (χ4v) is 3.07. The lowest BCUT2D eigenvalue weighted by Gasteiger charge is -2.11. The van der Waals surface area contributed by atoms with Crippen LogP contribution in [0.3, 0.4) is 0 Å². The number of hydrogen-bond donors (Lipinski definition) is 2. The van der Waals surface area contributed by atoms with Crippen molar-refractivity contribution in [2.24, 2.45) is 5.84 Å². The number of nitrogens with one attached hydrogen (secondary N) is 1. The normalized spacial score (nSPS) is 11.0. The van der Waals surface area contributed by atoms with Gasteiger partial charge < -0.3 is 4.74 Å². The number of para-hydroxylation sites is 1. The van der Waals surface area contributed by atoms with Crippen LogP contribution in [0.1, 0.15) is 40.3 Å². The van der Waals surface area contributed by atoms with Gasteiger partial charge in [0.05, 0.1) is 17.2 Å². The maximum atomic E-state index is 13.1. The predicted octanol–water partition coefficient (Wildman–Crippen LogP) is 3.03. The molecule has 1 aromatic heterocycles. The third-order valence-electron chi connectivity index (χ3n) is 4.15. The number of hydrazine groups is 1. The van der Waals surface area contributed by atoms with Crippen molar-refractivity contribution in [3.05, 3.63) is 65.4 Å². The van der Waals surface area contributed by atoms with Crippen LogP contribution in [0.15, 0.2) is 48.5 Å². The van der Waals surface area contributed by atoms with Gasteiger partial charge >= 0.3 is 0 Å². The molecule has 0 aliphatic rings. The summed E-state index contributed by atoms with van der Waals surface area (Å²) in [5.41, 5.74) is 4.26. The van der Waals surface area contributed by atoms with Crippen LogP contribution in [-0.2, 0) is 0 Å². The number of carbonyl (C=O) groups excluding carboxylic acids is 2. The van der Waals surface area contributed by atoms with Gasteiger partial charge in [0, 0.05) is 16.6 Å². The van der Waals surface area contributed by atoms with Crippen molar-refractivity contribution in [3.8, 4) is 5.75 Å². The molecular weight excluding hydrogens is 330 g/mol. The van der Waals surface area contributed by atoms with Gasteiger partial charge in [0.2, 0.25) is 0 Å². The Morgan fingerprint density at radius 2 is 1.73 bits per heavy atom. The molecule has 0 atom stereocenters. The zero-order valence-corrected chi connectivity index (χ0v) is 14.9. The highest BCUT2D eigenvalue weighted by atomic mass is 16.5. The highest BCUT2D eigenvalue weighted by Gasteiger charge is 2.23. The van der Waals surface area contributed by atoms with Gasteiger partial charge in [0.15, 0.2) is 0 Å². The average molecular weight is 351 g/mol. The lowest BCUT2D eigenvalue weighted by molar-refractivity contribution is 0.0954. The van der Waals surface area contributed by atoms with E-state index in [0.29, 0.717) is 33.5 Å². The Balaban J connectivity index is 2.09. The van der Waals surface area contributed by atoms with Crippen molar-refractivity contribution >= 4 is 22.7 Å². The van der Waals surface area contributed by atoms with E-state index in [-0.39, 0.29) is 12.0 Å². The summed E-state index contributed by atoms with van der Waals surface area (Å²) < 4.78 is 7.15. The van der Waals surface area contributed by atoms with Crippen LogP contribution in [0, 0.1) is 6.92 Å². The Labute approximate surface area is 151 Å². The van der Waals surface area contributed by atoms with Crippen molar-refractivity contribution < 1.29 is 14.3 Å². The first-order valence-electron chi connectivity index (χ1n) is 8.36. The zero-order chi connectivity index (χ0) is 18.8. The van der Waals surface area contributed by atoms with E-state index < -0.39 is 5.91 Å². The van der Waals surface area contributed by atoms with Crippen molar-refractivity contribution in [1.82, 2.24) is 9.99 Å². The summed E-state index contributed by atoms with van der Waals surface area (Å²) in [4.78, 5) is 25.3. The number of fused-ring (bicyclic) bond motifs is 1. The van der Waals surface area contributed by atoms with Gasteiger partial charge in [0.25, 0.3) is 11.8 Å². The summed E-state index contributed by atoms with van der Waals surface area (Å²) in [6, 6.07) is 14.2. The molecule has 0 radical (unpaired) electrons. The number of rotatable bonds is 4. The molecule has 6 nitrogen and oxygen atoms in total. The fourth-order valence-electron chi connectivity index (χ4n) is 3.07. The molecule has 3 aromatic rings. The molecule has 2 aromatic carbocycles. The third kappa shape index (κ3) is 3.07. The van der Waals surface area contributed by atoms with E-state index in [1.54, 1.807) is 37.3 Å². The van der Waals surface area contributed by atoms with Crippen molar-refractivity contribution in [3.63, 3.8) is 0 Å². The molecule has 26 heavy (non-hydrogen) atoms. The van der Waals surface area contributed by atoms with E-state index in [4.69, 9.17) is 10.6 Å².